The number of carbonyl (C=O) groups is 2. The van der Waals surface area contributed by atoms with Crippen molar-refractivity contribution < 1.29 is 29.6 Å². The summed E-state index contributed by atoms with van der Waals surface area (Å²) in [7, 11) is 0. The number of quaternary nitrogens is 2. The fourth-order valence-electron chi connectivity index (χ4n) is 2.65. The van der Waals surface area contributed by atoms with Crippen LogP contribution in [0.15, 0.2) is 18.2 Å². The topological polar surface area (TPSA) is 99.5 Å². The summed E-state index contributed by atoms with van der Waals surface area (Å²) in [5.74, 6) is -1.66. The number of morpholine rings is 1. The average Bonchev–Trinajstić information content (AvgIpc) is 2.58. The number of aliphatic carboxylic acids is 1. The van der Waals surface area contributed by atoms with Crippen molar-refractivity contribution in [2.24, 2.45) is 0 Å². The number of carbonyl (C=O) groups excluding carboxylic acids is 2. The number of anilines is 1. The van der Waals surface area contributed by atoms with Crippen LogP contribution in [0.2, 0.25) is 10.0 Å². The number of halogens is 2. The lowest BCUT2D eigenvalue weighted by Gasteiger charge is -2.24. The van der Waals surface area contributed by atoms with Crippen LogP contribution in [0.3, 0.4) is 0 Å². The molecule has 9 heteroatoms. The van der Waals surface area contributed by atoms with Crippen molar-refractivity contribution in [2.45, 2.75) is 12.5 Å². The molecule has 1 aromatic rings. The molecule has 1 heterocycles. The van der Waals surface area contributed by atoms with E-state index in [0.29, 0.717) is 22.3 Å². The first-order valence-electron chi connectivity index (χ1n) is 8.16. The van der Waals surface area contributed by atoms with E-state index in [1.165, 1.54) is 11.0 Å². The number of ether oxygens (including phenoxy) is 1. The summed E-state index contributed by atoms with van der Waals surface area (Å²) in [6, 6.07) is 3.75. The zero-order chi connectivity index (χ0) is 18.2. The molecular formula is C16H22Cl2N3O4+. The van der Waals surface area contributed by atoms with Gasteiger partial charge in [-0.05, 0) is 18.2 Å². The lowest BCUT2D eigenvalue weighted by atomic mass is 10.2. The van der Waals surface area contributed by atoms with Gasteiger partial charge in [0.15, 0.2) is 0 Å². The predicted molar refractivity (Wildman–Crippen MR) is 91.7 cm³/mol. The van der Waals surface area contributed by atoms with Crippen molar-refractivity contribution in [1.29, 1.82) is 0 Å². The molecule has 0 spiro atoms. The third-order valence-corrected chi connectivity index (χ3v) is 4.80. The van der Waals surface area contributed by atoms with E-state index in [0.717, 1.165) is 32.8 Å². The monoisotopic (exact) mass is 390 g/mol. The molecule has 1 fully saturated rings. The summed E-state index contributed by atoms with van der Waals surface area (Å²) in [5.41, 5.74) is 0.467. The number of nitrogens with two attached hydrogens (primary N) is 1. The largest absolute Gasteiger partial charge is 0.544 e. The second kappa shape index (κ2) is 9.94. The summed E-state index contributed by atoms with van der Waals surface area (Å²) in [6.45, 7) is 4.72. The number of carboxylic acids is 1. The van der Waals surface area contributed by atoms with Gasteiger partial charge in [-0.2, -0.15) is 0 Å². The van der Waals surface area contributed by atoms with Gasteiger partial charge in [0.25, 0.3) is 0 Å². The zero-order valence-electron chi connectivity index (χ0n) is 13.7. The molecule has 0 bridgehead atoms. The second-order valence-electron chi connectivity index (χ2n) is 5.94. The Labute approximate surface area is 156 Å². The third-order valence-electron chi connectivity index (χ3n) is 4.06. The number of hydrogen-bond acceptors (Lipinski definition) is 4. The molecule has 7 nitrogen and oxygen atoms in total. The van der Waals surface area contributed by atoms with Crippen molar-refractivity contribution in [3.05, 3.63) is 28.2 Å². The summed E-state index contributed by atoms with van der Waals surface area (Å²) in [6.07, 6.45) is -0.180. The minimum absolute atomic E-state index is 0.180. The fraction of sp³-hybridized carbons (Fsp3) is 0.500. The number of carboxylic acid groups (broad SMARTS) is 1. The van der Waals surface area contributed by atoms with E-state index in [9.17, 15) is 14.7 Å². The quantitative estimate of drug-likeness (QED) is 0.474. The molecule has 1 atom stereocenters. The van der Waals surface area contributed by atoms with E-state index in [1.807, 2.05) is 0 Å². The first-order chi connectivity index (χ1) is 12.0. The molecule has 0 radical (unpaired) electrons. The molecule has 0 aromatic heterocycles. The van der Waals surface area contributed by atoms with Crippen LogP contribution in [0.25, 0.3) is 0 Å². The Morgan fingerprint density at radius 1 is 1.28 bits per heavy atom. The van der Waals surface area contributed by atoms with Crippen LogP contribution in [-0.4, -0.2) is 57.3 Å². The molecule has 138 valence electrons. The van der Waals surface area contributed by atoms with E-state index in [2.05, 4.69) is 5.32 Å². The SMILES string of the molecule is O=C(C[C@H]([NH2+]CC[NH+]1CCOCC1)C(=O)[O-])Nc1ccc(Cl)c(Cl)c1. The number of benzene rings is 1. The highest BCUT2D eigenvalue weighted by atomic mass is 35.5. The summed E-state index contributed by atoms with van der Waals surface area (Å²) in [5, 5.41) is 16.2. The molecule has 0 aliphatic carbocycles. The van der Waals surface area contributed by atoms with E-state index in [1.54, 1.807) is 17.4 Å². The van der Waals surface area contributed by atoms with Crippen LogP contribution in [0, 0.1) is 0 Å². The molecule has 0 unspecified atom stereocenters. The van der Waals surface area contributed by atoms with E-state index >= 15 is 0 Å². The van der Waals surface area contributed by atoms with Gasteiger partial charge in [0.1, 0.15) is 32.2 Å². The zero-order valence-corrected chi connectivity index (χ0v) is 15.2. The average molecular weight is 391 g/mol. The molecule has 2 rings (SSSR count). The first-order valence-corrected chi connectivity index (χ1v) is 8.91. The third kappa shape index (κ3) is 6.80. The summed E-state index contributed by atoms with van der Waals surface area (Å²) in [4.78, 5) is 24.7. The van der Waals surface area contributed by atoms with Gasteiger partial charge in [-0.25, -0.2) is 0 Å². The standard InChI is InChI=1S/C16H21Cl2N3O4/c17-12-2-1-11(9-13(12)18)20-15(22)10-14(16(23)24)19-3-4-21-5-7-25-8-6-21/h1-2,9,14,19H,3-8,10H2,(H,20,22)(H,23,24)/p+1/t14-/m0/s1. The maximum atomic E-state index is 12.1. The minimum Gasteiger partial charge on any atom is -0.544 e. The van der Waals surface area contributed by atoms with Crippen LogP contribution in [-0.2, 0) is 14.3 Å². The minimum atomic E-state index is -1.25. The maximum absolute atomic E-state index is 12.1. The Kier molecular flexibility index (Phi) is 7.92. The predicted octanol–water partition coefficient (Wildman–Crippen LogP) is -2.08. The maximum Gasteiger partial charge on any atom is 0.230 e. The second-order valence-corrected chi connectivity index (χ2v) is 6.76. The van der Waals surface area contributed by atoms with Crippen LogP contribution >= 0.6 is 23.2 Å². The molecule has 1 amide bonds. The van der Waals surface area contributed by atoms with Crippen LogP contribution in [0.4, 0.5) is 5.69 Å². The molecule has 0 saturated carbocycles. The lowest BCUT2D eigenvalue weighted by molar-refractivity contribution is -0.920. The molecule has 4 N–H and O–H groups in total. The van der Waals surface area contributed by atoms with Crippen LogP contribution in [0.1, 0.15) is 6.42 Å². The first kappa shape index (κ1) is 19.9. The van der Waals surface area contributed by atoms with E-state index < -0.39 is 17.9 Å². The molecule has 1 aliphatic heterocycles. The van der Waals surface area contributed by atoms with Gasteiger partial charge < -0.3 is 30.2 Å². The van der Waals surface area contributed by atoms with Gasteiger partial charge in [0.05, 0.1) is 35.6 Å². The Morgan fingerprint density at radius 3 is 2.64 bits per heavy atom. The Morgan fingerprint density at radius 2 is 2.00 bits per heavy atom. The molecular weight excluding hydrogens is 369 g/mol. The Hall–Kier alpha value is -1.38. The normalized spacial score (nSPS) is 16.4. The van der Waals surface area contributed by atoms with E-state index in [-0.39, 0.29) is 6.42 Å². The molecule has 1 saturated heterocycles. The highest BCUT2D eigenvalue weighted by molar-refractivity contribution is 6.42. The van der Waals surface area contributed by atoms with E-state index in [4.69, 9.17) is 27.9 Å². The van der Waals surface area contributed by atoms with Gasteiger partial charge in [0.2, 0.25) is 5.91 Å². The van der Waals surface area contributed by atoms with Crippen molar-refractivity contribution >= 4 is 40.8 Å². The van der Waals surface area contributed by atoms with Gasteiger partial charge in [-0.1, -0.05) is 23.2 Å². The fourth-order valence-corrected chi connectivity index (χ4v) is 2.95. The molecule has 1 aliphatic rings. The number of nitrogens with one attached hydrogen (secondary N) is 2. The smallest absolute Gasteiger partial charge is 0.230 e. The van der Waals surface area contributed by atoms with Gasteiger partial charge in [0, 0.05) is 5.69 Å². The highest BCUT2D eigenvalue weighted by Gasteiger charge is 2.20. The Bertz CT molecular complexity index is 609. The van der Waals surface area contributed by atoms with Gasteiger partial charge in [-0.15, -0.1) is 0 Å². The van der Waals surface area contributed by atoms with Crippen LogP contribution in [0.5, 0.6) is 0 Å². The highest BCUT2D eigenvalue weighted by Crippen LogP contribution is 2.25. The summed E-state index contributed by atoms with van der Waals surface area (Å²) < 4.78 is 5.28. The van der Waals surface area contributed by atoms with Gasteiger partial charge >= 0.3 is 0 Å². The number of rotatable bonds is 8. The molecule has 1 aromatic carbocycles. The number of amides is 1. The van der Waals surface area contributed by atoms with Crippen molar-refractivity contribution in [1.82, 2.24) is 0 Å². The van der Waals surface area contributed by atoms with Crippen molar-refractivity contribution in [2.75, 3.05) is 44.7 Å². The van der Waals surface area contributed by atoms with Crippen LogP contribution < -0.4 is 20.6 Å². The number of hydrogen-bond donors (Lipinski definition) is 3. The summed E-state index contributed by atoms with van der Waals surface area (Å²) >= 11 is 11.7. The lowest BCUT2D eigenvalue weighted by Crippen LogP contribution is -3.17. The van der Waals surface area contributed by atoms with Crippen molar-refractivity contribution in [3.8, 4) is 0 Å². The van der Waals surface area contributed by atoms with Crippen molar-refractivity contribution in [3.63, 3.8) is 0 Å². The molecule has 25 heavy (non-hydrogen) atoms. The van der Waals surface area contributed by atoms with Gasteiger partial charge in [-0.3, -0.25) is 4.79 Å². The Balaban J connectivity index is 1.79.